The Morgan fingerprint density at radius 3 is 2.45 bits per heavy atom. The van der Waals surface area contributed by atoms with Crippen molar-refractivity contribution in [3.05, 3.63) is 17.3 Å². The molecule has 5 nitrogen and oxygen atoms in total. The monoisotopic (exact) mass is 301 g/mol. The van der Waals surface area contributed by atoms with Crippen LogP contribution in [0.25, 0.3) is 0 Å². The molecule has 0 radical (unpaired) electrons. The predicted molar refractivity (Wildman–Crippen MR) is 53.8 cm³/mol. The van der Waals surface area contributed by atoms with Gasteiger partial charge in [0.05, 0.1) is 24.8 Å². The van der Waals surface area contributed by atoms with Crippen molar-refractivity contribution in [2.45, 2.75) is 19.2 Å². The van der Waals surface area contributed by atoms with Crippen LogP contribution >= 0.6 is 0 Å². The minimum absolute atomic E-state index is 0.364. The molecule has 0 saturated heterocycles. The maximum Gasteiger partial charge on any atom is 0.574 e. The van der Waals surface area contributed by atoms with E-state index in [4.69, 9.17) is 5.11 Å². The molecule has 10 heteroatoms. The van der Waals surface area contributed by atoms with Crippen molar-refractivity contribution in [3.63, 3.8) is 0 Å². The summed E-state index contributed by atoms with van der Waals surface area (Å²) in [6, 6.07) is 0.566. The molecule has 0 aliphatic heterocycles. The number of nitrogens with zero attached hydrogens (tertiary/aromatic N) is 1. The lowest BCUT2D eigenvalue weighted by Crippen LogP contribution is -2.20. The fraction of sp³-hybridized carbons (Fsp3) is 0.400. The van der Waals surface area contributed by atoms with Gasteiger partial charge in [-0.3, -0.25) is 4.79 Å². The quantitative estimate of drug-likeness (QED) is 0.846. The maximum atomic E-state index is 12.7. The van der Waals surface area contributed by atoms with Gasteiger partial charge in [-0.05, 0) is 6.07 Å². The van der Waals surface area contributed by atoms with E-state index in [9.17, 15) is 26.7 Å². The second-order valence-electron chi connectivity index (χ2n) is 3.45. The van der Waals surface area contributed by atoms with Crippen LogP contribution in [0.1, 0.15) is 17.7 Å². The number of carboxylic acid groups (broad SMARTS) is 1. The molecule has 1 aromatic heterocycles. The molecule has 1 aromatic rings. The predicted octanol–water partition coefficient (Wildman–Crippen LogP) is 2.55. The summed E-state index contributed by atoms with van der Waals surface area (Å²) in [5.74, 6) is -3.18. The number of methoxy groups -OCH3 is 1. The lowest BCUT2D eigenvalue weighted by molar-refractivity contribution is -0.276. The number of alkyl halides is 5. The Morgan fingerprint density at radius 2 is 2.05 bits per heavy atom. The Hall–Kier alpha value is -2.13. The molecule has 0 atom stereocenters. The van der Waals surface area contributed by atoms with Crippen molar-refractivity contribution in [2.75, 3.05) is 7.11 Å². The molecule has 0 aliphatic carbocycles. The third kappa shape index (κ3) is 4.21. The first-order valence-electron chi connectivity index (χ1n) is 4.97. The molecule has 1 N–H and O–H groups in total. The number of rotatable bonds is 5. The van der Waals surface area contributed by atoms with Crippen molar-refractivity contribution in [1.29, 1.82) is 0 Å². The van der Waals surface area contributed by atoms with Crippen LogP contribution in [-0.2, 0) is 11.2 Å². The summed E-state index contributed by atoms with van der Waals surface area (Å²) in [7, 11) is 1.04. The number of carboxylic acids is 1. The van der Waals surface area contributed by atoms with Crippen molar-refractivity contribution >= 4 is 5.97 Å². The van der Waals surface area contributed by atoms with Crippen LogP contribution in [0.3, 0.4) is 0 Å². The molecule has 0 amide bonds. The first-order chi connectivity index (χ1) is 9.14. The van der Waals surface area contributed by atoms with Crippen LogP contribution < -0.4 is 9.47 Å². The van der Waals surface area contributed by atoms with Crippen molar-refractivity contribution < 1.29 is 41.3 Å². The summed E-state index contributed by atoms with van der Waals surface area (Å²) < 4.78 is 69.6. The third-order valence-corrected chi connectivity index (χ3v) is 2.04. The highest BCUT2D eigenvalue weighted by Gasteiger charge is 2.35. The molecule has 0 aliphatic rings. The molecule has 1 heterocycles. The van der Waals surface area contributed by atoms with Gasteiger partial charge in [0, 0.05) is 0 Å². The minimum Gasteiger partial charge on any atom is -0.495 e. The van der Waals surface area contributed by atoms with Crippen LogP contribution in [0.2, 0.25) is 0 Å². The number of hydrogen-bond acceptors (Lipinski definition) is 4. The van der Waals surface area contributed by atoms with Gasteiger partial charge in [-0.25, -0.2) is 13.8 Å². The Kier molecular flexibility index (Phi) is 4.69. The van der Waals surface area contributed by atoms with Gasteiger partial charge >= 0.3 is 12.3 Å². The van der Waals surface area contributed by atoms with Crippen LogP contribution in [0.4, 0.5) is 22.0 Å². The van der Waals surface area contributed by atoms with Gasteiger partial charge in [-0.15, -0.1) is 13.2 Å². The summed E-state index contributed by atoms with van der Waals surface area (Å²) in [6.07, 6.45) is -9.33. The number of aromatic nitrogens is 1. The molecule has 0 fully saturated rings. The number of ether oxygens (including phenoxy) is 2. The van der Waals surface area contributed by atoms with Crippen LogP contribution in [-0.4, -0.2) is 29.5 Å². The normalized spacial score (nSPS) is 11.6. The van der Waals surface area contributed by atoms with Crippen molar-refractivity contribution in [3.8, 4) is 11.6 Å². The summed E-state index contributed by atoms with van der Waals surface area (Å²) in [5, 5.41) is 8.58. The molecule has 0 saturated carbocycles. The molecule has 0 bridgehead atoms. The van der Waals surface area contributed by atoms with Gasteiger partial charge in [0.1, 0.15) is 5.75 Å². The number of halogens is 5. The number of aliphatic carboxylic acids is 1. The molecule has 1 rings (SSSR count). The van der Waals surface area contributed by atoms with Gasteiger partial charge in [0.15, 0.2) is 0 Å². The van der Waals surface area contributed by atoms with Crippen molar-refractivity contribution in [1.82, 2.24) is 4.98 Å². The molecule has 112 valence electrons. The van der Waals surface area contributed by atoms with Gasteiger partial charge in [0.25, 0.3) is 6.43 Å². The Labute approximate surface area is 108 Å². The molecule has 20 heavy (non-hydrogen) atoms. The Balaban J connectivity index is 3.34. The third-order valence-electron chi connectivity index (χ3n) is 2.04. The van der Waals surface area contributed by atoms with E-state index in [1.165, 1.54) is 0 Å². The Morgan fingerprint density at radius 1 is 1.45 bits per heavy atom. The standard InChI is InChI=1S/C10H8F5NO4/c1-19-6-2-4(8(11)12)9(20-10(13,14)15)16-5(6)3-7(17)18/h2,8H,3H2,1H3,(H,17,18). The van der Waals surface area contributed by atoms with Crippen LogP contribution in [0.5, 0.6) is 11.6 Å². The number of carbonyl (C=O) groups is 1. The zero-order chi connectivity index (χ0) is 15.5. The van der Waals surface area contributed by atoms with Crippen LogP contribution in [0.15, 0.2) is 6.07 Å². The minimum atomic E-state index is -5.23. The fourth-order valence-corrected chi connectivity index (χ4v) is 1.32. The zero-order valence-corrected chi connectivity index (χ0v) is 9.87. The molecular formula is C10H8F5NO4. The molecule has 0 aromatic carbocycles. The SMILES string of the molecule is COc1cc(C(F)F)c(OC(F)(F)F)nc1CC(=O)O. The fourth-order valence-electron chi connectivity index (χ4n) is 1.32. The summed E-state index contributed by atoms with van der Waals surface area (Å²) in [6.45, 7) is 0. The lowest BCUT2D eigenvalue weighted by Gasteiger charge is -2.15. The summed E-state index contributed by atoms with van der Waals surface area (Å²) >= 11 is 0. The number of hydrogen-bond donors (Lipinski definition) is 1. The van der Waals surface area contributed by atoms with E-state index >= 15 is 0 Å². The Bertz CT molecular complexity index is 503. The average molecular weight is 301 g/mol. The molecule has 0 unspecified atom stereocenters. The topological polar surface area (TPSA) is 68.7 Å². The molecule has 0 spiro atoms. The van der Waals surface area contributed by atoms with Crippen molar-refractivity contribution in [2.24, 2.45) is 0 Å². The maximum absolute atomic E-state index is 12.7. The highest BCUT2D eigenvalue weighted by atomic mass is 19.4. The lowest BCUT2D eigenvalue weighted by atomic mass is 10.2. The first kappa shape index (κ1) is 15.9. The summed E-state index contributed by atoms with van der Waals surface area (Å²) in [5.41, 5.74) is -1.60. The van der Waals surface area contributed by atoms with E-state index in [2.05, 4.69) is 14.5 Å². The van der Waals surface area contributed by atoms with Crippen LogP contribution in [0, 0.1) is 0 Å². The van der Waals surface area contributed by atoms with E-state index in [1.54, 1.807) is 0 Å². The first-order valence-corrected chi connectivity index (χ1v) is 4.97. The largest absolute Gasteiger partial charge is 0.574 e. The highest BCUT2D eigenvalue weighted by molar-refractivity contribution is 5.70. The second-order valence-corrected chi connectivity index (χ2v) is 3.45. The van der Waals surface area contributed by atoms with E-state index in [-0.39, 0.29) is 5.75 Å². The average Bonchev–Trinajstić information content (AvgIpc) is 2.25. The number of pyridine rings is 1. The summed E-state index contributed by atoms with van der Waals surface area (Å²) in [4.78, 5) is 13.7. The smallest absolute Gasteiger partial charge is 0.495 e. The van der Waals surface area contributed by atoms with Gasteiger partial charge in [-0.2, -0.15) is 0 Å². The van der Waals surface area contributed by atoms with E-state index in [0.717, 1.165) is 7.11 Å². The highest BCUT2D eigenvalue weighted by Crippen LogP contribution is 2.35. The second kappa shape index (κ2) is 5.88. The van der Waals surface area contributed by atoms with Gasteiger partial charge in [0.2, 0.25) is 5.88 Å². The zero-order valence-electron chi connectivity index (χ0n) is 9.87. The van der Waals surface area contributed by atoms with Gasteiger partial charge < -0.3 is 14.6 Å². The van der Waals surface area contributed by atoms with Gasteiger partial charge in [-0.1, -0.05) is 0 Å². The van der Waals surface area contributed by atoms with E-state index in [0.29, 0.717) is 6.07 Å². The van der Waals surface area contributed by atoms with E-state index < -0.39 is 42.3 Å². The molecular weight excluding hydrogens is 293 g/mol. The van der Waals surface area contributed by atoms with E-state index in [1.807, 2.05) is 0 Å².